The summed E-state index contributed by atoms with van der Waals surface area (Å²) in [7, 11) is -3.12. The highest BCUT2D eigenvalue weighted by Crippen LogP contribution is 2.22. The molecule has 114 valence electrons. The van der Waals surface area contributed by atoms with Crippen molar-refractivity contribution in [3.05, 3.63) is 11.1 Å². The second-order valence-corrected chi connectivity index (χ2v) is 8.48. The van der Waals surface area contributed by atoms with Gasteiger partial charge in [0.2, 0.25) is 10.0 Å². The van der Waals surface area contributed by atoms with Gasteiger partial charge in [-0.2, -0.15) is 0 Å². The number of nitrogens with two attached hydrogens (primary N) is 1. The molecule has 1 aromatic heterocycles. The van der Waals surface area contributed by atoms with Crippen molar-refractivity contribution in [3.8, 4) is 0 Å². The molecule has 0 radical (unpaired) electrons. The molecule has 1 aromatic rings. The minimum Gasteiger partial charge on any atom is -0.375 e. The van der Waals surface area contributed by atoms with E-state index in [4.69, 9.17) is 5.73 Å². The third kappa shape index (κ3) is 4.15. The van der Waals surface area contributed by atoms with Gasteiger partial charge in [-0.3, -0.25) is 4.90 Å². The minimum atomic E-state index is -3.12. The lowest BCUT2D eigenvalue weighted by Crippen LogP contribution is -2.49. The Morgan fingerprint density at radius 2 is 2.35 bits per heavy atom. The molecule has 3 N–H and O–H groups in total. The van der Waals surface area contributed by atoms with Crippen molar-refractivity contribution in [2.75, 3.05) is 24.6 Å². The maximum atomic E-state index is 11.6. The molecule has 0 saturated carbocycles. The van der Waals surface area contributed by atoms with Crippen LogP contribution in [0.3, 0.4) is 0 Å². The van der Waals surface area contributed by atoms with Crippen molar-refractivity contribution in [2.24, 2.45) is 5.92 Å². The van der Waals surface area contributed by atoms with E-state index in [2.05, 4.69) is 21.5 Å². The van der Waals surface area contributed by atoms with Gasteiger partial charge in [0, 0.05) is 36.8 Å². The number of hydrogen-bond acceptors (Lipinski definition) is 6. The lowest BCUT2D eigenvalue weighted by molar-refractivity contribution is 0.152. The topological polar surface area (TPSA) is 88.3 Å². The highest BCUT2D eigenvalue weighted by Gasteiger charge is 2.28. The average Bonchev–Trinajstić information content (AvgIpc) is 2.78. The quantitative estimate of drug-likeness (QED) is 0.841. The first-order valence-electron chi connectivity index (χ1n) is 6.82. The van der Waals surface area contributed by atoms with Crippen molar-refractivity contribution >= 4 is 26.5 Å². The van der Waals surface area contributed by atoms with Crippen molar-refractivity contribution in [2.45, 2.75) is 32.9 Å². The van der Waals surface area contributed by atoms with Crippen LogP contribution in [0.5, 0.6) is 0 Å². The molecule has 1 aliphatic rings. The molecule has 2 atom stereocenters. The summed E-state index contributed by atoms with van der Waals surface area (Å²) in [5.74, 6) is 0.440. The first kappa shape index (κ1) is 15.7. The number of nitrogens with one attached hydrogen (secondary N) is 1. The van der Waals surface area contributed by atoms with Crippen LogP contribution in [0.15, 0.2) is 6.20 Å². The van der Waals surface area contributed by atoms with Gasteiger partial charge in [0.25, 0.3) is 0 Å². The first-order chi connectivity index (χ1) is 9.39. The van der Waals surface area contributed by atoms with Gasteiger partial charge >= 0.3 is 0 Å². The van der Waals surface area contributed by atoms with E-state index in [0.29, 0.717) is 11.0 Å². The van der Waals surface area contributed by atoms with E-state index in [1.807, 2.05) is 6.20 Å². The highest BCUT2D eigenvalue weighted by atomic mass is 32.2. The SMILES string of the molecule is CCS(=O)(=O)NC1CCN(Cc2cnc(N)s2)CC1C. The molecule has 0 aliphatic carbocycles. The van der Waals surface area contributed by atoms with E-state index >= 15 is 0 Å². The smallest absolute Gasteiger partial charge is 0.211 e. The molecule has 20 heavy (non-hydrogen) atoms. The van der Waals surface area contributed by atoms with Crippen molar-refractivity contribution in [3.63, 3.8) is 0 Å². The van der Waals surface area contributed by atoms with Crippen molar-refractivity contribution in [1.82, 2.24) is 14.6 Å². The van der Waals surface area contributed by atoms with Crippen LogP contribution in [0, 0.1) is 5.92 Å². The third-order valence-corrected chi connectivity index (χ3v) is 5.88. The molecule has 1 fully saturated rings. The summed E-state index contributed by atoms with van der Waals surface area (Å²) >= 11 is 1.51. The lowest BCUT2D eigenvalue weighted by Gasteiger charge is -2.36. The maximum absolute atomic E-state index is 11.6. The zero-order chi connectivity index (χ0) is 14.8. The Bertz CT molecular complexity index is 543. The fraction of sp³-hybridized carbons (Fsp3) is 0.750. The summed E-state index contributed by atoms with van der Waals surface area (Å²) in [5, 5.41) is 0.596. The highest BCUT2D eigenvalue weighted by molar-refractivity contribution is 7.89. The van der Waals surface area contributed by atoms with Gasteiger partial charge in [0.05, 0.1) is 5.75 Å². The van der Waals surface area contributed by atoms with Crippen LogP contribution in [0.1, 0.15) is 25.1 Å². The summed E-state index contributed by atoms with van der Waals surface area (Å²) in [6.07, 6.45) is 2.66. The summed E-state index contributed by atoms with van der Waals surface area (Å²) < 4.78 is 26.1. The van der Waals surface area contributed by atoms with E-state index in [1.54, 1.807) is 6.92 Å². The van der Waals surface area contributed by atoms with Crippen LogP contribution < -0.4 is 10.5 Å². The largest absolute Gasteiger partial charge is 0.375 e. The van der Waals surface area contributed by atoms with Gasteiger partial charge in [0.1, 0.15) is 0 Å². The number of rotatable bonds is 5. The molecule has 6 nitrogen and oxygen atoms in total. The standard InChI is InChI=1S/C12H22N4O2S2/c1-3-20(17,18)15-11-4-5-16(7-9(11)2)8-10-6-14-12(13)19-10/h6,9,11,15H,3-5,7-8H2,1-2H3,(H2,13,14). The monoisotopic (exact) mass is 318 g/mol. The van der Waals surface area contributed by atoms with Gasteiger partial charge in [0.15, 0.2) is 5.13 Å². The molecule has 0 amide bonds. The molecule has 0 spiro atoms. The maximum Gasteiger partial charge on any atom is 0.211 e. The fourth-order valence-corrected chi connectivity index (χ4v) is 4.19. The van der Waals surface area contributed by atoms with E-state index < -0.39 is 10.0 Å². The Balaban J connectivity index is 1.89. The normalized spacial score (nSPS) is 24.9. The van der Waals surface area contributed by atoms with Crippen molar-refractivity contribution in [1.29, 1.82) is 0 Å². The van der Waals surface area contributed by atoms with E-state index in [1.165, 1.54) is 11.3 Å². The summed E-state index contributed by atoms with van der Waals surface area (Å²) in [6.45, 7) is 6.37. The Morgan fingerprint density at radius 3 is 2.90 bits per heavy atom. The summed E-state index contributed by atoms with van der Waals surface area (Å²) in [5.41, 5.74) is 5.63. The van der Waals surface area contributed by atoms with Crippen LogP contribution in [0.4, 0.5) is 5.13 Å². The van der Waals surface area contributed by atoms with Crippen LogP contribution in [-0.4, -0.2) is 43.2 Å². The molecule has 2 unspecified atom stereocenters. The number of nitrogens with zero attached hydrogens (tertiary/aromatic N) is 2. The third-order valence-electron chi connectivity index (χ3n) is 3.65. The van der Waals surface area contributed by atoms with E-state index in [-0.39, 0.29) is 11.8 Å². The zero-order valence-electron chi connectivity index (χ0n) is 11.9. The molecule has 1 aliphatic heterocycles. The molecular weight excluding hydrogens is 296 g/mol. The molecule has 8 heteroatoms. The number of anilines is 1. The summed E-state index contributed by atoms with van der Waals surface area (Å²) in [6, 6.07) is 0.0442. The number of sulfonamides is 1. The average molecular weight is 318 g/mol. The predicted molar refractivity (Wildman–Crippen MR) is 82.0 cm³/mol. The number of thiazole rings is 1. The Morgan fingerprint density at radius 1 is 1.60 bits per heavy atom. The lowest BCUT2D eigenvalue weighted by atomic mass is 9.95. The van der Waals surface area contributed by atoms with Gasteiger partial charge in [-0.15, -0.1) is 11.3 Å². The second kappa shape index (κ2) is 6.38. The van der Waals surface area contributed by atoms with Crippen LogP contribution >= 0.6 is 11.3 Å². The Kier molecular flexibility index (Phi) is 5.00. The van der Waals surface area contributed by atoms with Crippen LogP contribution in [0.2, 0.25) is 0 Å². The van der Waals surface area contributed by atoms with E-state index in [9.17, 15) is 8.42 Å². The second-order valence-electron chi connectivity index (χ2n) is 5.29. The molecule has 0 aromatic carbocycles. The van der Waals surface area contributed by atoms with Crippen molar-refractivity contribution < 1.29 is 8.42 Å². The minimum absolute atomic E-state index is 0.0442. The number of likely N-dealkylation sites (tertiary alicyclic amines) is 1. The summed E-state index contributed by atoms with van der Waals surface area (Å²) in [4.78, 5) is 7.54. The number of aromatic nitrogens is 1. The molecule has 2 rings (SSSR count). The van der Waals surface area contributed by atoms with Crippen LogP contribution in [0.25, 0.3) is 0 Å². The fourth-order valence-electron chi connectivity index (χ4n) is 2.48. The molecular formula is C12H22N4O2S2. The number of hydrogen-bond donors (Lipinski definition) is 2. The molecule has 1 saturated heterocycles. The van der Waals surface area contributed by atoms with E-state index in [0.717, 1.165) is 30.9 Å². The Labute approximate surface area is 124 Å². The van der Waals surface area contributed by atoms with Gasteiger partial charge in [-0.1, -0.05) is 6.92 Å². The zero-order valence-corrected chi connectivity index (χ0v) is 13.5. The predicted octanol–water partition coefficient (Wildman–Crippen LogP) is 0.875. The van der Waals surface area contributed by atoms with Crippen LogP contribution in [-0.2, 0) is 16.6 Å². The molecule has 0 bridgehead atoms. The van der Waals surface area contributed by atoms with Gasteiger partial charge in [-0.25, -0.2) is 18.1 Å². The van der Waals surface area contributed by atoms with Gasteiger partial charge < -0.3 is 5.73 Å². The first-order valence-corrected chi connectivity index (χ1v) is 9.29. The number of nitrogen functional groups attached to an aromatic ring is 1. The Hall–Kier alpha value is -0.700. The molecule has 2 heterocycles. The number of piperidine rings is 1. The van der Waals surface area contributed by atoms with Gasteiger partial charge in [-0.05, 0) is 19.3 Å².